The quantitative estimate of drug-likeness (QED) is 0.607. The van der Waals surface area contributed by atoms with Crippen LogP contribution < -0.4 is 5.73 Å². The SMILES string of the molecule is Cc1cccc(-c2c(C)c(C#N)c(N)c(O)c2F)c1. The third-order valence-electron chi connectivity index (χ3n) is 3.12. The molecular formula is C15H13FN2O. The highest BCUT2D eigenvalue weighted by atomic mass is 19.1. The van der Waals surface area contributed by atoms with Crippen LogP contribution in [0.15, 0.2) is 24.3 Å². The van der Waals surface area contributed by atoms with Gasteiger partial charge in [0.05, 0.1) is 11.3 Å². The molecule has 0 fully saturated rings. The summed E-state index contributed by atoms with van der Waals surface area (Å²) in [6.07, 6.45) is 0. The fraction of sp³-hybridized carbons (Fsp3) is 0.133. The summed E-state index contributed by atoms with van der Waals surface area (Å²) in [6.45, 7) is 3.51. The summed E-state index contributed by atoms with van der Waals surface area (Å²) in [7, 11) is 0. The van der Waals surface area contributed by atoms with Crippen molar-refractivity contribution in [1.82, 2.24) is 0 Å². The van der Waals surface area contributed by atoms with Gasteiger partial charge in [-0.1, -0.05) is 29.8 Å². The van der Waals surface area contributed by atoms with Crippen LogP contribution in [0.4, 0.5) is 10.1 Å². The average Bonchev–Trinajstić information content (AvgIpc) is 2.37. The van der Waals surface area contributed by atoms with Crippen LogP contribution in [0.1, 0.15) is 16.7 Å². The van der Waals surface area contributed by atoms with E-state index in [1.54, 1.807) is 25.1 Å². The Kier molecular flexibility index (Phi) is 3.14. The Labute approximate surface area is 110 Å². The summed E-state index contributed by atoms with van der Waals surface area (Å²) in [5, 5.41) is 18.8. The molecule has 0 saturated carbocycles. The van der Waals surface area contributed by atoms with E-state index in [0.29, 0.717) is 11.1 Å². The number of nitriles is 1. The number of phenolic OH excluding ortho intramolecular Hbond substituents is 1. The number of hydrogen-bond donors (Lipinski definition) is 2. The lowest BCUT2D eigenvalue weighted by molar-refractivity contribution is 0.436. The number of benzene rings is 2. The Morgan fingerprint density at radius 3 is 2.58 bits per heavy atom. The molecule has 3 N–H and O–H groups in total. The molecular weight excluding hydrogens is 243 g/mol. The van der Waals surface area contributed by atoms with Crippen molar-refractivity contribution in [2.45, 2.75) is 13.8 Å². The summed E-state index contributed by atoms with van der Waals surface area (Å²) in [4.78, 5) is 0. The Bertz CT molecular complexity index is 702. The molecule has 0 amide bonds. The second-order valence-electron chi connectivity index (χ2n) is 4.43. The van der Waals surface area contributed by atoms with Crippen molar-refractivity contribution >= 4 is 5.69 Å². The van der Waals surface area contributed by atoms with Gasteiger partial charge in [-0.15, -0.1) is 0 Å². The minimum Gasteiger partial charge on any atom is -0.503 e. The molecule has 0 unspecified atom stereocenters. The number of anilines is 1. The standard InChI is InChI=1S/C15H13FN2O/c1-8-4-3-5-10(6-8)12-9(2)11(7-17)14(18)15(19)13(12)16/h3-6,19H,18H2,1-2H3. The van der Waals surface area contributed by atoms with Gasteiger partial charge in [0.2, 0.25) is 0 Å². The van der Waals surface area contributed by atoms with E-state index in [1.165, 1.54) is 0 Å². The summed E-state index contributed by atoms with van der Waals surface area (Å²) in [5.74, 6) is -1.46. The first-order chi connectivity index (χ1) is 8.97. The highest BCUT2D eigenvalue weighted by Gasteiger charge is 2.21. The number of rotatable bonds is 1. The van der Waals surface area contributed by atoms with Crippen LogP contribution in [0.2, 0.25) is 0 Å². The van der Waals surface area contributed by atoms with Gasteiger partial charge in [0, 0.05) is 5.56 Å². The second kappa shape index (κ2) is 4.62. The van der Waals surface area contributed by atoms with Crippen molar-refractivity contribution in [3.05, 3.63) is 46.8 Å². The normalized spacial score (nSPS) is 10.2. The van der Waals surface area contributed by atoms with E-state index >= 15 is 0 Å². The molecule has 2 aromatic rings. The van der Waals surface area contributed by atoms with E-state index in [2.05, 4.69) is 0 Å². The van der Waals surface area contributed by atoms with Crippen LogP contribution in [0, 0.1) is 31.0 Å². The molecule has 0 aliphatic rings. The number of nitrogens with zero attached hydrogens (tertiary/aromatic N) is 1. The molecule has 96 valence electrons. The zero-order valence-electron chi connectivity index (χ0n) is 10.7. The Morgan fingerprint density at radius 1 is 1.32 bits per heavy atom. The average molecular weight is 256 g/mol. The van der Waals surface area contributed by atoms with Gasteiger partial charge in [-0.25, -0.2) is 4.39 Å². The smallest absolute Gasteiger partial charge is 0.176 e. The minimum absolute atomic E-state index is 0.107. The Morgan fingerprint density at radius 2 is 2.00 bits per heavy atom. The maximum atomic E-state index is 14.2. The van der Waals surface area contributed by atoms with E-state index in [-0.39, 0.29) is 16.8 Å². The maximum absolute atomic E-state index is 14.2. The van der Waals surface area contributed by atoms with Crippen LogP contribution in [-0.4, -0.2) is 5.11 Å². The number of nitrogen functional groups attached to an aromatic ring is 1. The first-order valence-electron chi connectivity index (χ1n) is 5.75. The predicted octanol–water partition coefficient (Wildman–Crippen LogP) is 3.27. The van der Waals surface area contributed by atoms with Crippen molar-refractivity contribution in [3.8, 4) is 22.9 Å². The molecule has 0 spiro atoms. The Hall–Kier alpha value is -2.54. The number of aromatic hydroxyl groups is 1. The zero-order chi connectivity index (χ0) is 14.2. The van der Waals surface area contributed by atoms with Crippen molar-refractivity contribution in [2.75, 3.05) is 5.73 Å². The van der Waals surface area contributed by atoms with E-state index in [1.807, 2.05) is 19.1 Å². The molecule has 3 nitrogen and oxygen atoms in total. The molecule has 0 atom stereocenters. The summed E-state index contributed by atoms with van der Waals surface area (Å²) >= 11 is 0. The molecule has 0 bridgehead atoms. The first kappa shape index (κ1) is 12.9. The van der Waals surface area contributed by atoms with E-state index in [9.17, 15) is 9.50 Å². The van der Waals surface area contributed by atoms with E-state index in [0.717, 1.165) is 5.56 Å². The molecule has 0 aliphatic heterocycles. The lowest BCUT2D eigenvalue weighted by atomic mass is 9.93. The minimum atomic E-state index is -0.792. The van der Waals surface area contributed by atoms with Gasteiger partial charge in [0.25, 0.3) is 0 Å². The molecule has 0 saturated heterocycles. The largest absolute Gasteiger partial charge is 0.503 e. The number of halogens is 1. The van der Waals surface area contributed by atoms with Crippen molar-refractivity contribution in [3.63, 3.8) is 0 Å². The maximum Gasteiger partial charge on any atom is 0.176 e. The molecule has 4 heteroatoms. The molecule has 19 heavy (non-hydrogen) atoms. The van der Waals surface area contributed by atoms with Crippen molar-refractivity contribution < 1.29 is 9.50 Å². The lowest BCUT2D eigenvalue weighted by Gasteiger charge is -2.14. The van der Waals surface area contributed by atoms with Crippen LogP contribution in [0.25, 0.3) is 11.1 Å². The van der Waals surface area contributed by atoms with Crippen LogP contribution >= 0.6 is 0 Å². The van der Waals surface area contributed by atoms with Crippen LogP contribution in [0.3, 0.4) is 0 Å². The predicted molar refractivity (Wildman–Crippen MR) is 72.1 cm³/mol. The van der Waals surface area contributed by atoms with Gasteiger partial charge in [0.15, 0.2) is 11.6 Å². The van der Waals surface area contributed by atoms with Gasteiger partial charge in [0.1, 0.15) is 6.07 Å². The third kappa shape index (κ3) is 2.00. The number of nitrogens with two attached hydrogens (primary N) is 1. The Balaban J connectivity index is 2.85. The summed E-state index contributed by atoms with van der Waals surface area (Å²) in [6, 6.07) is 9.11. The van der Waals surface area contributed by atoms with Crippen molar-refractivity contribution in [1.29, 1.82) is 5.26 Å². The summed E-state index contributed by atoms with van der Waals surface area (Å²) in [5.41, 5.74) is 7.67. The van der Waals surface area contributed by atoms with Gasteiger partial charge in [-0.05, 0) is 25.0 Å². The van der Waals surface area contributed by atoms with Gasteiger partial charge in [-0.3, -0.25) is 0 Å². The highest BCUT2D eigenvalue weighted by molar-refractivity contribution is 5.79. The molecule has 0 heterocycles. The third-order valence-corrected chi connectivity index (χ3v) is 3.12. The van der Waals surface area contributed by atoms with Gasteiger partial charge < -0.3 is 10.8 Å². The topological polar surface area (TPSA) is 70.0 Å². The number of phenols is 1. The number of aryl methyl sites for hydroxylation is 1. The first-order valence-corrected chi connectivity index (χ1v) is 5.75. The van der Waals surface area contributed by atoms with Crippen molar-refractivity contribution in [2.24, 2.45) is 0 Å². The zero-order valence-corrected chi connectivity index (χ0v) is 10.7. The van der Waals surface area contributed by atoms with Crippen LogP contribution in [0.5, 0.6) is 5.75 Å². The summed E-state index contributed by atoms with van der Waals surface area (Å²) < 4.78 is 14.2. The molecule has 0 aliphatic carbocycles. The molecule has 2 aromatic carbocycles. The van der Waals surface area contributed by atoms with Gasteiger partial charge in [-0.2, -0.15) is 5.26 Å². The molecule has 2 rings (SSSR count). The fourth-order valence-electron chi connectivity index (χ4n) is 2.13. The van der Waals surface area contributed by atoms with E-state index < -0.39 is 11.6 Å². The monoisotopic (exact) mass is 256 g/mol. The van der Waals surface area contributed by atoms with Gasteiger partial charge >= 0.3 is 0 Å². The second-order valence-corrected chi connectivity index (χ2v) is 4.43. The number of hydrogen-bond acceptors (Lipinski definition) is 3. The highest BCUT2D eigenvalue weighted by Crippen LogP contribution is 2.39. The van der Waals surface area contributed by atoms with E-state index in [4.69, 9.17) is 11.0 Å². The lowest BCUT2D eigenvalue weighted by Crippen LogP contribution is -2.00. The molecule has 0 radical (unpaired) electrons. The molecule has 0 aromatic heterocycles. The van der Waals surface area contributed by atoms with Crippen LogP contribution in [-0.2, 0) is 0 Å². The fourth-order valence-corrected chi connectivity index (χ4v) is 2.13.